The largest absolute Gasteiger partial charge is 0.495 e. The number of methoxy groups -OCH3 is 2. The standard InChI is InChI=1S/C24H20Cl2N4O2/c1-31-21-10-8-16(12-18(21)25)27-23-14-20(15-6-4-3-5-7-15)29-24(30-23)28-17-9-11-22(32-2)19(26)13-17/h3-14H,1-2H3,(H2,27,28,29,30). The summed E-state index contributed by atoms with van der Waals surface area (Å²) in [7, 11) is 3.15. The van der Waals surface area contributed by atoms with Crippen LogP contribution in [-0.4, -0.2) is 24.2 Å². The Hall–Kier alpha value is -3.48. The normalized spacial score (nSPS) is 10.5. The number of halogens is 2. The average Bonchev–Trinajstić information content (AvgIpc) is 2.80. The fourth-order valence-corrected chi connectivity index (χ4v) is 3.60. The van der Waals surface area contributed by atoms with E-state index < -0.39 is 0 Å². The summed E-state index contributed by atoms with van der Waals surface area (Å²) in [5, 5.41) is 7.49. The molecule has 0 bridgehead atoms. The lowest BCUT2D eigenvalue weighted by Crippen LogP contribution is -2.03. The summed E-state index contributed by atoms with van der Waals surface area (Å²) in [6.45, 7) is 0. The van der Waals surface area contributed by atoms with Gasteiger partial charge >= 0.3 is 0 Å². The van der Waals surface area contributed by atoms with Crippen molar-refractivity contribution in [1.82, 2.24) is 9.97 Å². The maximum atomic E-state index is 6.27. The van der Waals surface area contributed by atoms with Crippen molar-refractivity contribution in [1.29, 1.82) is 0 Å². The van der Waals surface area contributed by atoms with E-state index in [4.69, 9.17) is 32.7 Å². The molecule has 0 radical (unpaired) electrons. The van der Waals surface area contributed by atoms with E-state index in [0.29, 0.717) is 33.3 Å². The number of hydrogen-bond donors (Lipinski definition) is 2. The van der Waals surface area contributed by atoms with Gasteiger partial charge in [0.25, 0.3) is 0 Å². The van der Waals surface area contributed by atoms with E-state index in [2.05, 4.69) is 20.6 Å². The van der Waals surface area contributed by atoms with Crippen LogP contribution < -0.4 is 20.1 Å². The summed E-state index contributed by atoms with van der Waals surface area (Å²) in [5.41, 5.74) is 3.22. The van der Waals surface area contributed by atoms with Gasteiger partial charge in [0.05, 0.1) is 30.0 Å². The third kappa shape index (κ3) is 5.04. The second-order valence-electron chi connectivity index (χ2n) is 6.78. The highest BCUT2D eigenvalue weighted by molar-refractivity contribution is 6.32. The predicted octanol–water partition coefficient (Wildman–Crippen LogP) is 6.95. The van der Waals surface area contributed by atoms with Gasteiger partial charge in [-0.2, -0.15) is 4.98 Å². The lowest BCUT2D eigenvalue weighted by Gasteiger charge is -2.13. The van der Waals surface area contributed by atoms with E-state index in [-0.39, 0.29) is 0 Å². The van der Waals surface area contributed by atoms with E-state index in [0.717, 1.165) is 22.6 Å². The van der Waals surface area contributed by atoms with Gasteiger partial charge in [-0.15, -0.1) is 0 Å². The molecule has 2 N–H and O–H groups in total. The lowest BCUT2D eigenvalue weighted by molar-refractivity contribution is 0.415. The van der Waals surface area contributed by atoms with Crippen LogP contribution in [0.3, 0.4) is 0 Å². The van der Waals surface area contributed by atoms with Crippen LogP contribution in [0, 0.1) is 0 Å². The van der Waals surface area contributed by atoms with Crippen LogP contribution in [0.15, 0.2) is 72.8 Å². The third-order valence-electron chi connectivity index (χ3n) is 4.63. The summed E-state index contributed by atoms with van der Waals surface area (Å²) < 4.78 is 10.4. The highest BCUT2D eigenvalue weighted by Gasteiger charge is 2.10. The zero-order chi connectivity index (χ0) is 22.5. The van der Waals surface area contributed by atoms with Crippen LogP contribution in [0.5, 0.6) is 11.5 Å². The summed E-state index contributed by atoms with van der Waals surface area (Å²) >= 11 is 12.5. The van der Waals surface area contributed by atoms with Crippen molar-refractivity contribution >= 4 is 46.3 Å². The number of aromatic nitrogens is 2. The Labute approximate surface area is 196 Å². The fourth-order valence-electron chi connectivity index (χ4n) is 3.09. The van der Waals surface area contributed by atoms with Crippen molar-refractivity contribution in [2.75, 3.05) is 24.9 Å². The van der Waals surface area contributed by atoms with Gasteiger partial charge in [-0.05, 0) is 36.4 Å². The Morgan fingerprint density at radius 3 is 1.84 bits per heavy atom. The van der Waals surface area contributed by atoms with E-state index in [1.807, 2.05) is 48.5 Å². The van der Waals surface area contributed by atoms with Gasteiger partial charge in [0.15, 0.2) is 0 Å². The van der Waals surface area contributed by atoms with Crippen molar-refractivity contribution in [3.8, 4) is 22.8 Å². The fraction of sp³-hybridized carbons (Fsp3) is 0.0833. The Kier molecular flexibility index (Phi) is 6.63. The van der Waals surface area contributed by atoms with Crippen LogP contribution in [0.2, 0.25) is 10.0 Å². The molecule has 0 aliphatic heterocycles. The van der Waals surface area contributed by atoms with Crippen LogP contribution in [0.4, 0.5) is 23.1 Å². The third-order valence-corrected chi connectivity index (χ3v) is 5.22. The average molecular weight is 467 g/mol. The molecule has 162 valence electrons. The molecule has 3 aromatic carbocycles. The van der Waals surface area contributed by atoms with Crippen LogP contribution in [-0.2, 0) is 0 Å². The van der Waals surface area contributed by atoms with Crippen LogP contribution in [0.25, 0.3) is 11.3 Å². The summed E-state index contributed by atoms with van der Waals surface area (Å²) in [4.78, 5) is 9.29. The first kappa shape index (κ1) is 21.7. The molecule has 32 heavy (non-hydrogen) atoms. The van der Waals surface area contributed by atoms with Gasteiger partial charge in [0.1, 0.15) is 17.3 Å². The van der Waals surface area contributed by atoms with E-state index >= 15 is 0 Å². The first-order valence-electron chi connectivity index (χ1n) is 9.71. The molecule has 4 aromatic rings. The zero-order valence-corrected chi connectivity index (χ0v) is 18.9. The second-order valence-corrected chi connectivity index (χ2v) is 7.59. The van der Waals surface area contributed by atoms with E-state index in [1.54, 1.807) is 38.5 Å². The maximum Gasteiger partial charge on any atom is 0.229 e. The zero-order valence-electron chi connectivity index (χ0n) is 17.4. The Bertz CT molecular complexity index is 1160. The molecular weight excluding hydrogens is 447 g/mol. The molecule has 1 aromatic heterocycles. The SMILES string of the molecule is COc1ccc(Nc2cc(-c3ccccc3)nc(Nc3ccc(OC)c(Cl)c3)n2)cc1Cl. The highest BCUT2D eigenvalue weighted by Crippen LogP contribution is 2.31. The lowest BCUT2D eigenvalue weighted by atomic mass is 10.1. The van der Waals surface area contributed by atoms with E-state index in [1.165, 1.54) is 0 Å². The molecule has 0 spiro atoms. The Balaban J connectivity index is 1.69. The van der Waals surface area contributed by atoms with Crippen molar-refractivity contribution in [2.24, 2.45) is 0 Å². The van der Waals surface area contributed by atoms with Gasteiger partial charge < -0.3 is 20.1 Å². The van der Waals surface area contributed by atoms with Crippen molar-refractivity contribution in [3.63, 3.8) is 0 Å². The monoisotopic (exact) mass is 466 g/mol. The number of anilines is 4. The Morgan fingerprint density at radius 1 is 0.688 bits per heavy atom. The van der Waals surface area contributed by atoms with Gasteiger partial charge in [-0.25, -0.2) is 4.98 Å². The maximum absolute atomic E-state index is 6.27. The minimum Gasteiger partial charge on any atom is -0.495 e. The molecule has 0 aliphatic carbocycles. The van der Waals surface area contributed by atoms with Crippen LogP contribution >= 0.6 is 23.2 Å². The highest BCUT2D eigenvalue weighted by atomic mass is 35.5. The van der Waals surface area contributed by atoms with Crippen molar-refractivity contribution in [3.05, 3.63) is 82.8 Å². The topological polar surface area (TPSA) is 68.3 Å². The second kappa shape index (κ2) is 9.77. The van der Waals surface area contributed by atoms with Gasteiger partial charge in [-0.3, -0.25) is 0 Å². The molecule has 0 saturated carbocycles. The molecule has 0 unspecified atom stereocenters. The molecule has 0 atom stereocenters. The number of hydrogen-bond acceptors (Lipinski definition) is 6. The van der Waals surface area contributed by atoms with Crippen molar-refractivity contribution < 1.29 is 9.47 Å². The summed E-state index contributed by atoms with van der Waals surface area (Å²) in [5.74, 6) is 2.20. The number of nitrogens with one attached hydrogen (secondary N) is 2. The molecule has 6 nitrogen and oxygen atoms in total. The molecule has 0 fully saturated rings. The number of rotatable bonds is 7. The molecule has 0 aliphatic rings. The van der Waals surface area contributed by atoms with Gasteiger partial charge in [-0.1, -0.05) is 53.5 Å². The first-order valence-corrected chi connectivity index (χ1v) is 10.5. The minimum absolute atomic E-state index is 0.412. The molecular formula is C24H20Cl2N4O2. The van der Waals surface area contributed by atoms with Gasteiger partial charge in [0, 0.05) is 23.0 Å². The Morgan fingerprint density at radius 2 is 1.28 bits per heavy atom. The molecule has 4 rings (SSSR count). The molecule has 1 heterocycles. The summed E-state index contributed by atoms with van der Waals surface area (Å²) in [6.07, 6.45) is 0. The van der Waals surface area contributed by atoms with E-state index in [9.17, 15) is 0 Å². The molecule has 0 amide bonds. The number of benzene rings is 3. The number of nitrogens with zero attached hydrogens (tertiary/aromatic N) is 2. The quantitative estimate of drug-likeness (QED) is 0.306. The minimum atomic E-state index is 0.412. The molecule has 8 heteroatoms. The molecule has 0 saturated heterocycles. The summed E-state index contributed by atoms with van der Waals surface area (Å²) in [6, 6.07) is 22.6. The smallest absolute Gasteiger partial charge is 0.229 e. The van der Waals surface area contributed by atoms with Crippen LogP contribution in [0.1, 0.15) is 0 Å². The van der Waals surface area contributed by atoms with Gasteiger partial charge in [0.2, 0.25) is 5.95 Å². The van der Waals surface area contributed by atoms with Crippen molar-refractivity contribution in [2.45, 2.75) is 0 Å². The number of ether oxygens (including phenoxy) is 2. The predicted molar refractivity (Wildman–Crippen MR) is 130 cm³/mol. The first-order chi connectivity index (χ1) is 15.6.